The Kier molecular flexibility index (Phi) is 4.58. The van der Waals surface area contributed by atoms with E-state index in [-0.39, 0.29) is 40.3 Å². The number of halogens is 2. The number of fused-ring (bicyclic) bond motifs is 5. The van der Waals surface area contributed by atoms with Crippen molar-refractivity contribution in [2.45, 2.75) is 64.1 Å². The number of aromatic nitrogens is 4. The highest BCUT2D eigenvalue weighted by Gasteiger charge is 2.75. The molecule has 1 saturated heterocycles. The first-order chi connectivity index (χ1) is 17.2. The van der Waals surface area contributed by atoms with Crippen LogP contribution < -0.4 is 5.73 Å². The number of anilines is 1. The van der Waals surface area contributed by atoms with E-state index in [1.165, 1.54) is 0 Å². The molecule has 2 saturated carbocycles. The predicted octanol–water partition coefficient (Wildman–Crippen LogP) is 5.38. The number of ether oxygens (including phenoxy) is 2. The Bertz CT molecular complexity index is 1550. The molecule has 5 atom stereocenters. The molecule has 0 bridgehead atoms. The van der Waals surface area contributed by atoms with Gasteiger partial charge in [0.05, 0.1) is 28.4 Å². The van der Waals surface area contributed by atoms with Gasteiger partial charge in [0.25, 0.3) is 0 Å². The van der Waals surface area contributed by atoms with Crippen molar-refractivity contribution >= 4 is 39.4 Å². The summed E-state index contributed by atoms with van der Waals surface area (Å²) in [6, 6.07) is 7.26. The zero-order valence-corrected chi connectivity index (χ0v) is 21.1. The monoisotopic (exact) mass is 507 g/mol. The lowest BCUT2D eigenvalue weighted by molar-refractivity contribution is -0.161. The van der Waals surface area contributed by atoms with Crippen LogP contribution in [0.3, 0.4) is 0 Å². The van der Waals surface area contributed by atoms with Crippen molar-refractivity contribution in [3.63, 3.8) is 0 Å². The van der Waals surface area contributed by atoms with Gasteiger partial charge in [0, 0.05) is 22.4 Å². The Balaban J connectivity index is 1.22. The van der Waals surface area contributed by atoms with Crippen LogP contribution in [0.4, 0.5) is 10.2 Å². The maximum absolute atomic E-state index is 14.9. The molecule has 2 N–H and O–H groups in total. The summed E-state index contributed by atoms with van der Waals surface area (Å²) >= 11 is 6.06. The fourth-order valence-corrected chi connectivity index (χ4v) is 6.92. The van der Waals surface area contributed by atoms with Gasteiger partial charge in [-0.3, -0.25) is 0 Å². The summed E-state index contributed by atoms with van der Waals surface area (Å²) in [5, 5.41) is 1.70. The number of nitrogen functional groups attached to an aromatic ring is 1. The highest BCUT2D eigenvalue weighted by Crippen LogP contribution is 2.73. The number of pyridine rings is 1. The van der Waals surface area contributed by atoms with Crippen molar-refractivity contribution in [2.24, 2.45) is 11.3 Å². The van der Waals surface area contributed by atoms with Gasteiger partial charge < -0.3 is 19.8 Å². The topological polar surface area (TPSA) is 88.1 Å². The first-order valence-corrected chi connectivity index (χ1v) is 12.7. The van der Waals surface area contributed by atoms with Crippen LogP contribution in [0.2, 0.25) is 5.02 Å². The van der Waals surface area contributed by atoms with Crippen LogP contribution in [0.5, 0.6) is 0 Å². The molecule has 4 aromatic rings. The van der Waals surface area contributed by atoms with Gasteiger partial charge in [-0.05, 0) is 75.8 Å². The second kappa shape index (κ2) is 7.37. The number of rotatable bonds is 4. The number of aryl methyl sites for hydroxylation is 2. The molecule has 3 aromatic heterocycles. The second-order valence-electron chi connectivity index (χ2n) is 11.0. The Labute approximate surface area is 212 Å². The van der Waals surface area contributed by atoms with Gasteiger partial charge in [0.1, 0.15) is 29.7 Å². The van der Waals surface area contributed by atoms with Crippen LogP contribution >= 0.6 is 11.6 Å². The maximum atomic E-state index is 14.9. The molecule has 2 aliphatic carbocycles. The van der Waals surface area contributed by atoms with Gasteiger partial charge in [-0.25, -0.2) is 19.3 Å². The first kappa shape index (κ1) is 22.4. The summed E-state index contributed by atoms with van der Waals surface area (Å²) in [5.41, 5.74) is 9.16. The third kappa shape index (κ3) is 3.14. The molecule has 36 heavy (non-hydrogen) atoms. The summed E-state index contributed by atoms with van der Waals surface area (Å²) in [6.45, 7) is 5.96. The molecule has 0 amide bonds. The molecule has 7 rings (SSSR count). The molecular weight excluding hydrogens is 481 g/mol. The molecular formula is C27H27ClFN5O2. The van der Waals surface area contributed by atoms with Gasteiger partial charge in [0.2, 0.25) is 0 Å². The largest absolute Gasteiger partial charge is 0.382 e. The maximum Gasteiger partial charge on any atom is 0.163 e. The Morgan fingerprint density at radius 2 is 2.03 bits per heavy atom. The van der Waals surface area contributed by atoms with E-state index < -0.39 is 5.79 Å². The number of hydrogen-bond acceptors (Lipinski definition) is 6. The number of benzene rings is 1. The number of nitrogens with two attached hydrogens (primary N) is 1. The molecule has 186 valence electrons. The van der Waals surface area contributed by atoms with Crippen LogP contribution in [0.1, 0.15) is 44.0 Å². The Morgan fingerprint density at radius 3 is 2.86 bits per heavy atom. The third-order valence-corrected chi connectivity index (χ3v) is 8.76. The molecule has 0 spiro atoms. The van der Waals surface area contributed by atoms with Crippen molar-refractivity contribution < 1.29 is 13.9 Å². The summed E-state index contributed by atoms with van der Waals surface area (Å²) < 4.78 is 30.2. The van der Waals surface area contributed by atoms with Gasteiger partial charge in [-0.15, -0.1) is 0 Å². The van der Waals surface area contributed by atoms with Crippen molar-refractivity contribution in [2.75, 3.05) is 5.73 Å². The summed E-state index contributed by atoms with van der Waals surface area (Å²) in [5.74, 6) is -0.385. The quantitative estimate of drug-likeness (QED) is 0.399. The van der Waals surface area contributed by atoms with E-state index in [0.717, 1.165) is 35.1 Å². The van der Waals surface area contributed by atoms with Gasteiger partial charge in [0.15, 0.2) is 5.79 Å². The van der Waals surface area contributed by atoms with E-state index in [0.29, 0.717) is 23.2 Å². The molecule has 1 aromatic carbocycles. The highest BCUT2D eigenvalue weighted by atomic mass is 35.5. The van der Waals surface area contributed by atoms with Crippen LogP contribution in [0.15, 0.2) is 36.8 Å². The van der Waals surface area contributed by atoms with Crippen molar-refractivity contribution in [3.05, 3.63) is 58.9 Å². The highest BCUT2D eigenvalue weighted by molar-refractivity contribution is 6.33. The third-order valence-electron chi connectivity index (χ3n) is 8.46. The molecule has 1 aliphatic heterocycles. The number of nitrogens with zero attached hydrogens (tertiary/aromatic N) is 4. The van der Waals surface area contributed by atoms with Crippen LogP contribution in [-0.4, -0.2) is 37.5 Å². The SMILES string of the molecule is Cc1ncnc2c1ccn2[C@H]1[C@@H]2OC(C)(C)O[C@@H]2[C@@]2(CCc3cc(F)c4cc(Cl)c(N)nc4c3)C[C@H]12. The number of hydrogen-bond donors (Lipinski definition) is 1. The molecule has 7 nitrogen and oxygen atoms in total. The molecule has 3 fully saturated rings. The fourth-order valence-electron chi connectivity index (χ4n) is 6.77. The minimum Gasteiger partial charge on any atom is -0.382 e. The molecule has 0 unspecified atom stereocenters. The Morgan fingerprint density at radius 1 is 1.19 bits per heavy atom. The van der Waals surface area contributed by atoms with E-state index in [2.05, 4.69) is 31.8 Å². The summed E-state index contributed by atoms with van der Waals surface area (Å²) in [6.07, 6.45) is 6.26. The van der Waals surface area contributed by atoms with Crippen molar-refractivity contribution in [1.29, 1.82) is 0 Å². The molecule has 9 heteroatoms. The van der Waals surface area contributed by atoms with Gasteiger partial charge >= 0.3 is 0 Å². The Hall–Kier alpha value is -2.81. The van der Waals surface area contributed by atoms with Crippen molar-refractivity contribution in [3.8, 4) is 0 Å². The lowest BCUT2D eigenvalue weighted by atomic mass is 9.91. The fraction of sp³-hybridized carbons (Fsp3) is 0.444. The summed E-state index contributed by atoms with van der Waals surface area (Å²) in [4.78, 5) is 13.3. The van der Waals surface area contributed by atoms with Crippen molar-refractivity contribution in [1.82, 2.24) is 19.5 Å². The van der Waals surface area contributed by atoms with E-state index in [1.54, 1.807) is 18.5 Å². The van der Waals surface area contributed by atoms with E-state index in [1.807, 2.05) is 26.8 Å². The predicted molar refractivity (Wildman–Crippen MR) is 135 cm³/mol. The van der Waals surface area contributed by atoms with E-state index in [4.69, 9.17) is 26.8 Å². The summed E-state index contributed by atoms with van der Waals surface area (Å²) in [7, 11) is 0. The van der Waals surface area contributed by atoms with Crippen LogP contribution in [0, 0.1) is 24.1 Å². The average molecular weight is 508 g/mol. The van der Waals surface area contributed by atoms with E-state index in [9.17, 15) is 4.39 Å². The molecule has 0 radical (unpaired) electrons. The average Bonchev–Trinajstić information content (AvgIpc) is 3.08. The minimum absolute atomic E-state index is 0.0271. The lowest BCUT2D eigenvalue weighted by Gasteiger charge is -2.24. The first-order valence-electron chi connectivity index (χ1n) is 12.3. The molecule has 4 heterocycles. The minimum atomic E-state index is -0.655. The zero-order chi connectivity index (χ0) is 25.0. The molecule has 3 aliphatic rings. The second-order valence-corrected chi connectivity index (χ2v) is 11.4. The lowest BCUT2D eigenvalue weighted by Crippen LogP contribution is -2.32. The van der Waals surface area contributed by atoms with Crippen LogP contribution in [0.25, 0.3) is 21.9 Å². The van der Waals surface area contributed by atoms with E-state index >= 15 is 0 Å². The van der Waals surface area contributed by atoms with Gasteiger partial charge in [-0.1, -0.05) is 11.6 Å². The standard InChI is InChI=1S/C27H27ClFN5O2/c1-13-15-5-7-34(25(15)32-12-31-13)21-17-11-27(17,23-22(21)35-26(2,3)36-23)6-4-14-8-19(29)16-10-18(28)24(30)33-20(16)9-14/h5,7-10,12,17,21-23H,4,6,11H2,1-3H3,(H2,30,33)/t17-,21-,22+,23+,27+/m1/s1. The smallest absolute Gasteiger partial charge is 0.163 e. The normalized spacial score (nSPS) is 30.1. The van der Waals surface area contributed by atoms with Gasteiger partial charge in [-0.2, -0.15) is 0 Å². The zero-order valence-electron chi connectivity index (χ0n) is 20.3. The van der Waals surface area contributed by atoms with Crippen LogP contribution in [-0.2, 0) is 15.9 Å².